The molecule has 0 bridgehead atoms. The van der Waals surface area contributed by atoms with Gasteiger partial charge in [0.25, 0.3) is 11.8 Å². The largest absolute Gasteiger partial charge is 0.496 e. The Bertz CT molecular complexity index is 857. The molecule has 1 N–H and O–H groups in total. The fourth-order valence-electron chi connectivity index (χ4n) is 3.55. The third kappa shape index (κ3) is 4.67. The van der Waals surface area contributed by atoms with Gasteiger partial charge in [-0.05, 0) is 43.0 Å². The highest BCUT2D eigenvalue weighted by atomic mass is 19.1. The summed E-state index contributed by atoms with van der Waals surface area (Å²) in [7, 11) is 3.02. The Balaban J connectivity index is 1.55. The number of likely N-dealkylation sites (tertiary alicyclic amines) is 1. The van der Waals surface area contributed by atoms with Crippen LogP contribution in [0.15, 0.2) is 42.5 Å². The first-order valence-corrected chi connectivity index (χ1v) is 9.58. The molecule has 2 aromatic carbocycles. The van der Waals surface area contributed by atoms with Crippen molar-refractivity contribution < 1.29 is 23.5 Å². The van der Waals surface area contributed by atoms with Gasteiger partial charge in [-0.3, -0.25) is 9.59 Å². The highest BCUT2D eigenvalue weighted by Gasteiger charge is 2.26. The monoisotopic (exact) mass is 400 g/mol. The third-order valence-electron chi connectivity index (χ3n) is 5.21. The van der Waals surface area contributed by atoms with Crippen LogP contribution in [0.1, 0.15) is 33.6 Å². The van der Waals surface area contributed by atoms with Crippen molar-refractivity contribution in [2.24, 2.45) is 5.92 Å². The van der Waals surface area contributed by atoms with Crippen LogP contribution in [-0.4, -0.2) is 50.6 Å². The zero-order valence-corrected chi connectivity index (χ0v) is 16.6. The number of rotatable bonds is 6. The van der Waals surface area contributed by atoms with Gasteiger partial charge < -0.3 is 19.7 Å². The highest BCUT2D eigenvalue weighted by molar-refractivity contribution is 5.99. The van der Waals surface area contributed by atoms with Crippen LogP contribution in [0.25, 0.3) is 0 Å². The number of hydrogen-bond acceptors (Lipinski definition) is 4. The van der Waals surface area contributed by atoms with E-state index in [4.69, 9.17) is 9.47 Å². The molecule has 1 aliphatic rings. The number of methoxy groups -OCH3 is 2. The first-order chi connectivity index (χ1) is 14.0. The Labute approximate surface area is 169 Å². The van der Waals surface area contributed by atoms with Crippen LogP contribution in [-0.2, 0) is 0 Å². The predicted octanol–water partition coefficient (Wildman–Crippen LogP) is 3.13. The Morgan fingerprint density at radius 2 is 1.66 bits per heavy atom. The number of amides is 2. The van der Waals surface area contributed by atoms with Crippen molar-refractivity contribution in [1.82, 2.24) is 10.2 Å². The number of carbonyl (C=O) groups is 2. The van der Waals surface area contributed by atoms with Gasteiger partial charge in [-0.15, -0.1) is 0 Å². The molecule has 29 heavy (non-hydrogen) atoms. The molecule has 0 unspecified atom stereocenters. The minimum atomic E-state index is -0.502. The topological polar surface area (TPSA) is 67.9 Å². The average molecular weight is 400 g/mol. The normalized spacial score (nSPS) is 14.4. The number of hydrogen-bond donors (Lipinski definition) is 1. The summed E-state index contributed by atoms with van der Waals surface area (Å²) in [6.07, 6.45) is 1.48. The molecule has 154 valence electrons. The molecule has 0 aliphatic carbocycles. The number of benzene rings is 2. The second-order valence-electron chi connectivity index (χ2n) is 6.96. The fourth-order valence-corrected chi connectivity index (χ4v) is 3.55. The molecule has 2 amide bonds. The number of ether oxygens (including phenoxy) is 2. The molecule has 7 heteroatoms. The average Bonchev–Trinajstić information content (AvgIpc) is 2.77. The van der Waals surface area contributed by atoms with Crippen molar-refractivity contribution in [3.8, 4) is 11.5 Å². The summed E-state index contributed by atoms with van der Waals surface area (Å²) in [5.41, 5.74) is 0.465. The molecule has 6 nitrogen and oxygen atoms in total. The van der Waals surface area contributed by atoms with Crippen LogP contribution in [0, 0.1) is 11.7 Å². The van der Waals surface area contributed by atoms with E-state index < -0.39 is 5.82 Å². The summed E-state index contributed by atoms with van der Waals surface area (Å²) in [5.74, 6) is 0.0924. The van der Waals surface area contributed by atoms with Gasteiger partial charge in [0, 0.05) is 19.6 Å². The molecule has 0 radical (unpaired) electrons. The van der Waals surface area contributed by atoms with Crippen LogP contribution in [0.4, 0.5) is 4.39 Å². The summed E-state index contributed by atoms with van der Waals surface area (Å²) < 4.78 is 24.4. The van der Waals surface area contributed by atoms with E-state index in [-0.39, 0.29) is 23.3 Å². The number of nitrogens with zero attached hydrogens (tertiary/aromatic N) is 1. The number of piperidine rings is 1. The quantitative estimate of drug-likeness (QED) is 0.809. The van der Waals surface area contributed by atoms with Crippen LogP contribution < -0.4 is 14.8 Å². The predicted molar refractivity (Wildman–Crippen MR) is 107 cm³/mol. The standard InChI is InChI=1S/C22H25FN2O4/c1-28-18-8-5-9-19(29-2)20(18)21(26)24-14-15-10-12-25(13-11-15)22(27)16-6-3-4-7-17(16)23/h3-9,15H,10-14H2,1-2H3,(H,24,26). The van der Waals surface area contributed by atoms with Crippen LogP contribution in [0.5, 0.6) is 11.5 Å². The summed E-state index contributed by atoms with van der Waals surface area (Å²) in [5, 5.41) is 2.94. The summed E-state index contributed by atoms with van der Waals surface area (Å²) in [4.78, 5) is 26.8. The lowest BCUT2D eigenvalue weighted by molar-refractivity contribution is 0.0679. The molecule has 1 saturated heterocycles. The minimum Gasteiger partial charge on any atom is -0.496 e. The highest BCUT2D eigenvalue weighted by Crippen LogP contribution is 2.28. The van der Waals surface area contributed by atoms with Crippen molar-refractivity contribution in [2.45, 2.75) is 12.8 Å². The van der Waals surface area contributed by atoms with Crippen molar-refractivity contribution in [3.63, 3.8) is 0 Å². The SMILES string of the molecule is COc1cccc(OC)c1C(=O)NCC1CCN(C(=O)c2ccccc2F)CC1. The van der Waals surface area contributed by atoms with Gasteiger partial charge in [-0.2, -0.15) is 0 Å². The zero-order chi connectivity index (χ0) is 20.8. The molecular formula is C22H25FN2O4. The zero-order valence-electron chi connectivity index (χ0n) is 16.6. The maximum atomic E-state index is 13.9. The third-order valence-corrected chi connectivity index (χ3v) is 5.21. The second kappa shape index (κ2) is 9.41. The molecule has 1 aliphatic heterocycles. The van der Waals surface area contributed by atoms with Gasteiger partial charge in [0.15, 0.2) is 0 Å². The molecule has 1 heterocycles. The van der Waals surface area contributed by atoms with Crippen molar-refractivity contribution in [3.05, 3.63) is 59.4 Å². The molecule has 0 spiro atoms. The van der Waals surface area contributed by atoms with Crippen LogP contribution in [0.3, 0.4) is 0 Å². The number of halogens is 1. The van der Waals surface area contributed by atoms with E-state index in [1.54, 1.807) is 35.2 Å². The fraction of sp³-hybridized carbons (Fsp3) is 0.364. The molecule has 3 rings (SSSR count). The van der Waals surface area contributed by atoms with Gasteiger partial charge in [0.05, 0.1) is 19.8 Å². The molecule has 0 atom stereocenters. The molecule has 0 saturated carbocycles. The first-order valence-electron chi connectivity index (χ1n) is 9.58. The van der Waals surface area contributed by atoms with E-state index in [0.29, 0.717) is 36.7 Å². The van der Waals surface area contributed by atoms with E-state index in [1.807, 2.05) is 0 Å². The van der Waals surface area contributed by atoms with Crippen molar-refractivity contribution in [1.29, 1.82) is 0 Å². The van der Waals surface area contributed by atoms with Gasteiger partial charge in [0.2, 0.25) is 0 Å². The minimum absolute atomic E-state index is 0.0996. The summed E-state index contributed by atoms with van der Waals surface area (Å²) in [6.45, 7) is 1.55. The number of carbonyl (C=O) groups excluding carboxylic acids is 2. The van der Waals surface area contributed by atoms with Gasteiger partial charge >= 0.3 is 0 Å². The maximum Gasteiger partial charge on any atom is 0.258 e. The lowest BCUT2D eigenvalue weighted by atomic mass is 9.96. The second-order valence-corrected chi connectivity index (χ2v) is 6.96. The Morgan fingerprint density at radius 3 is 2.24 bits per heavy atom. The smallest absolute Gasteiger partial charge is 0.258 e. The molecular weight excluding hydrogens is 375 g/mol. The Hall–Kier alpha value is -3.09. The Morgan fingerprint density at radius 1 is 1.03 bits per heavy atom. The van der Waals surface area contributed by atoms with Crippen LogP contribution >= 0.6 is 0 Å². The van der Waals surface area contributed by atoms with E-state index >= 15 is 0 Å². The molecule has 1 fully saturated rings. The van der Waals surface area contributed by atoms with Gasteiger partial charge in [0.1, 0.15) is 22.9 Å². The van der Waals surface area contributed by atoms with E-state index in [9.17, 15) is 14.0 Å². The lowest BCUT2D eigenvalue weighted by Gasteiger charge is -2.32. The van der Waals surface area contributed by atoms with E-state index in [2.05, 4.69) is 5.32 Å². The summed E-state index contributed by atoms with van der Waals surface area (Å²) >= 11 is 0. The maximum absolute atomic E-state index is 13.9. The van der Waals surface area contributed by atoms with Gasteiger partial charge in [-0.1, -0.05) is 18.2 Å². The molecule has 2 aromatic rings. The first kappa shape index (κ1) is 20.6. The molecule has 0 aromatic heterocycles. The van der Waals surface area contributed by atoms with Crippen LogP contribution in [0.2, 0.25) is 0 Å². The Kier molecular flexibility index (Phi) is 6.69. The summed E-state index contributed by atoms with van der Waals surface area (Å²) in [6, 6.07) is 11.2. The van der Waals surface area contributed by atoms with Crippen molar-refractivity contribution >= 4 is 11.8 Å². The van der Waals surface area contributed by atoms with E-state index in [0.717, 1.165) is 12.8 Å². The van der Waals surface area contributed by atoms with E-state index in [1.165, 1.54) is 26.4 Å². The van der Waals surface area contributed by atoms with Crippen molar-refractivity contribution in [2.75, 3.05) is 33.9 Å². The number of nitrogens with one attached hydrogen (secondary N) is 1. The van der Waals surface area contributed by atoms with Gasteiger partial charge in [-0.25, -0.2) is 4.39 Å². The lowest BCUT2D eigenvalue weighted by Crippen LogP contribution is -2.41.